The first-order chi connectivity index (χ1) is 15.0. The summed E-state index contributed by atoms with van der Waals surface area (Å²) in [4.78, 5) is 16.1. The van der Waals surface area contributed by atoms with Crippen molar-refractivity contribution in [2.75, 3.05) is 51.3 Å². The van der Waals surface area contributed by atoms with E-state index in [1.807, 2.05) is 0 Å². The molecule has 0 aliphatic carbocycles. The Hall–Kier alpha value is -3.13. The summed E-state index contributed by atoms with van der Waals surface area (Å²) in [5.41, 5.74) is 1.08. The number of halogens is 1. The lowest BCUT2D eigenvalue weighted by Crippen LogP contribution is -2.47. The Morgan fingerprint density at radius 2 is 1.94 bits per heavy atom. The SMILES string of the molecule is COc1cc(C(C)=O)ccc1OCCCN1CCN(c2noc3cc(F)ccc23)CC1. The van der Waals surface area contributed by atoms with Gasteiger partial charge in [-0.2, -0.15) is 0 Å². The van der Waals surface area contributed by atoms with Crippen LogP contribution < -0.4 is 14.4 Å². The van der Waals surface area contributed by atoms with E-state index in [-0.39, 0.29) is 11.6 Å². The van der Waals surface area contributed by atoms with Crippen LogP contribution in [-0.2, 0) is 0 Å². The Morgan fingerprint density at radius 1 is 1.13 bits per heavy atom. The second-order valence-corrected chi connectivity index (χ2v) is 7.60. The van der Waals surface area contributed by atoms with Crippen molar-refractivity contribution < 1.29 is 23.2 Å². The van der Waals surface area contributed by atoms with Crippen molar-refractivity contribution in [1.82, 2.24) is 10.1 Å². The fraction of sp³-hybridized carbons (Fsp3) is 0.391. The van der Waals surface area contributed by atoms with E-state index in [1.54, 1.807) is 31.4 Å². The van der Waals surface area contributed by atoms with E-state index < -0.39 is 0 Å². The average Bonchev–Trinajstić information content (AvgIpc) is 3.20. The van der Waals surface area contributed by atoms with Gasteiger partial charge < -0.3 is 18.9 Å². The standard InChI is InChI=1S/C23H26FN3O4/c1-16(28)17-4-7-20(22(14-17)29-2)30-13-3-8-26-9-11-27(12-10-26)23-19-6-5-18(24)15-21(19)31-25-23/h4-7,14-15H,3,8-13H2,1-2H3. The molecule has 2 aromatic carbocycles. The highest BCUT2D eigenvalue weighted by molar-refractivity contribution is 5.94. The van der Waals surface area contributed by atoms with Gasteiger partial charge in [0.05, 0.1) is 19.1 Å². The summed E-state index contributed by atoms with van der Waals surface area (Å²) in [6, 6.07) is 9.76. The monoisotopic (exact) mass is 427 g/mol. The predicted octanol–water partition coefficient (Wildman–Crippen LogP) is 3.77. The Kier molecular flexibility index (Phi) is 6.36. The summed E-state index contributed by atoms with van der Waals surface area (Å²) in [5.74, 6) is 1.66. The largest absolute Gasteiger partial charge is 0.493 e. The van der Waals surface area contributed by atoms with Gasteiger partial charge in [0.25, 0.3) is 0 Å². The van der Waals surface area contributed by atoms with Crippen molar-refractivity contribution in [1.29, 1.82) is 0 Å². The van der Waals surface area contributed by atoms with Gasteiger partial charge in [-0.15, -0.1) is 0 Å². The molecule has 0 saturated carbocycles. The number of rotatable bonds is 8. The molecule has 3 aromatic rings. The van der Waals surface area contributed by atoms with Crippen LogP contribution in [0.4, 0.5) is 10.2 Å². The van der Waals surface area contributed by atoms with Crippen LogP contribution in [0.15, 0.2) is 40.9 Å². The van der Waals surface area contributed by atoms with Crippen molar-refractivity contribution in [2.24, 2.45) is 0 Å². The third kappa shape index (κ3) is 4.80. The minimum Gasteiger partial charge on any atom is -0.493 e. The van der Waals surface area contributed by atoms with Crippen LogP contribution >= 0.6 is 0 Å². The van der Waals surface area contributed by atoms with Gasteiger partial charge in [0.2, 0.25) is 0 Å². The molecule has 0 bridgehead atoms. The van der Waals surface area contributed by atoms with Crippen LogP contribution in [0.1, 0.15) is 23.7 Å². The molecule has 0 N–H and O–H groups in total. The number of hydrogen-bond acceptors (Lipinski definition) is 7. The fourth-order valence-corrected chi connectivity index (χ4v) is 3.79. The van der Waals surface area contributed by atoms with Crippen molar-refractivity contribution in [3.8, 4) is 11.5 Å². The summed E-state index contributed by atoms with van der Waals surface area (Å²) in [6.07, 6.45) is 0.879. The number of ketones is 1. The van der Waals surface area contributed by atoms with Crippen molar-refractivity contribution in [3.63, 3.8) is 0 Å². The van der Waals surface area contributed by atoms with Gasteiger partial charge in [-0.05, 0) is 43.7 Å². The van der Waals surface area contributed by atoms with Crippen LogP contribution in [0.3, 0.4) is 0 Å². The van der Waals surface area contributed by atoms with E-state index in [4.69, 9.17) is 14.0 Å². The maximum Gasteiger partial charge on any atom is 0.180 e. The molecule has 31 heavy (non-hydrogen) atoms. The molecule has 0 radical (unpaired) electrons. The normalized spacial score (nSPS) is 14.7. The van der Waals surface area contributed by atoms with Gasteiger partial charge in [0.1, 0.15) is 5.82 Å². The highest BCUT2D eigenvalue weighted by Gasteiger charge is 2.21. The highest BCUT2D eigenvalue weighted by Crippen LogP contribution is 2.29. The second kappa shape index (κ2) is 9.34. The Labute approximate surface area is 180 Å². The number of fused-ring (bicyclic) bond motifs is 1. The average molecular weight is 427 g/mol. The fourth-order valence-electron chi connectivity index (χ4n) is 3.79. The highest BCUT2D eigenvalue weighted by atomic mass is 19.1. The Bertz CT molecular complexity index is 1060. The lowest BCUT2D eigenvalue weighted by atomic mass is 10.1. The number of benzene rings is 2. The molecule has 7 nitrogen and oxygen atoms in total. The summed E-state index contributed by atoms with van der Waals surface area (Å²) >= 11 is 0. The number of aromatic nitrogens is 1. The number of ether oxygens (including phenoxy) is 2. The van der Waals surface area contributed by atoms with Gasteiger partial charge in [-0.1, -0.05) is 5.16 Å². The number of carbonyl (C=O) groups excluding carboxylic acids is 1. The topological polar surface area (TPSA) is 68.0 Å². The van der Waals surface area contributed by atoms with Gasteiger partial charge in [-0.3, -0.25) is 9.69 Å². The molecule has 2 heterocycles. The van der Waals surface area contributed by atoms with E-state index in [2.05, 4.69) is 15.0 Å². The molecule has 1 fully saturated rings. The van der Waals surface area contributed by atoms with Crippen molar-refractivity contribution in [2.45, 2.75) is 13.3 Å². The molecule has 8 heteroatoms. The van der Waals surface area contributed by atoms with Gasteiger partial charge >= 0.3 is 0 Å². The molecular weight excluding hydrogens is 401 g/mol. The second-order valence-electron chi connectivity index (χ2n) is 7.60. The zero-order chi connectivity index (χ0) is 21.8. The molecule has 4 rings (SSSR count). The van der Waals surface area contributed by atoms with Crippen LogP contribution in [0, 0.1) is 5.82 Å². The van der Waals surface area contributed by atoms with Crippen LogP contribution in [0.2, 0.25) is 0 Å². The minimum absolute atomic E-state index is 0.00484. The zero-order valence-corrected chi connectivity index (χ0v) is 17.8. The van der Waals surface area contributed by atoms with Gasteiger partial charge in [0, 0.05) is 44.4 Å². The summed E-state index contributed by atoms with van der Waals surface area (Å²) in [7, 11) is 1.57. The van der Waals surface area contributed by atoms with E-state index in [0.717, 1.165) is 50.3 Å². The van der Waals surface area contributed by atoms with Gasteiger partial charge in [0.15, 0.2) is 28.7 Å². The predicted molar refractivity (Wildman–Crippen MR) is 116 cm³/mol. The van der Waals surface area contributed by atoms with Crippen LogP contribution in [0.5, 0.6) is 11.5 Å². The maximum absolute atomic E-state index is 13.3. The molecule has 1 aromatic heterocycles. The molecule has 0 amide bonds. The molecular formula is C23H26FN3O4. The Morgan fingerprint density at radius 3 is 2.68 bits per heavy atom. The first-order valence-electron chi connectivity index (χ1n) is 10.4. The van der Waals surface area contributed by atoms with Crippen LogP contribution in [-0.4, -0.2) is 62.3 Å². The number of anilines is 1. The molecule has 0 spiro atoms. The molecule has 1 saturated heterocycles. The van der Waals surface area contributed by atoms with Crippen molar-refractivity contribution in [3.05, 3.63) is 47.8 Å². The first-order valence-corrected chi connectivity index (χ1v) is 10.4. The number of methoxy groups -OCH3 is 1. The third-order valence-corrected chi connectivity index (χ3v) is 5.53. The number of piperazine rings is 1. The quantitative estimate of drug-likeness (QED) is 0.400. The van der Waals surface area contributed by atoms with E-state index >= 15 is 0 Å². The molecule has 1 aliphatic heterocycles. The first kappa shape index (κ1) is 21.1. The summed E-state index contributed by atoms with van der Waals surface area (Å²) in [5, 5.41) is 4.98. The molecule has 164 valence electrons. The van der Waals surface area contributed by atoms with E-state index in [9.17, 15) is 9.18 Å². The number of Topliss-reactive ketones (excluding diaryl/α,β-unsaturated/α-hetero) is 1. The van der Waals surface area contributed by atoms with Crippen molar-refractivity contribution >= 4 is 22.6 Å². The maximum atomic E-state index is 13.3. The number of carbonyl (C=O) groups is 1. The minimum atomic E-state index is -0.324. The molecule has 0 atom stereocenters. The summed E-state index contributed by atoms with van der Waals surface area (Å²) in [6.45, 7) is 6.50. The molecule has 0 unspecified atom stereocenters. The van der Waals surface area contributed by atoms with Gasteiger partial charge in [-0.25, -0.2) is 4.39 Å². The zero-order valence-electron chi connectivity index (χ0n) is 17.8. The smallest absolute Gasteiger partial charge is 0.180 e. The lowest BCUT2D eigenvalue weighted by molar-refractivity contribution is 0.101. The van der Waals surface area contributed by atoms with E-state index in [0.29, 0.717) is 29.3 Å². The summed E-state index contributed by atoms with van der Waals surface area (Å²) < 4.78 is 29.8. The number of nitrogens with zero attached hydrogens (tertiary/aromatic N) is 3. The van der Waals surface area contributed by atoms with Crippen LogP contribution in [0.25, 0.3) is 11.0 Å². The lowest BCUT2D eigenvalue weighted by Gasteiger charge is -2.34. The molecule has 1 aliphatic rings. The Balaban J connectivity index is 1.24. The van der Waals surface area contributed by atoms with E-state index in [1.165, 1.54) is 19.1 Å². The number of hydrogen-bond donors (Lipinski definition) is 0. The third-order valence-electron chi connectivity index (χ3n) is 5.53.